The van der Waals surface area contributed by atoms with Crippen molar-refractivity contribution >= 4 is 62.7 Å². The molecule has 0 aromatic heterocycles. The van der Waals surface area contributed by atoms with Crippen molar-refractivity contribution in [2.75, 3.05) is 0 Å². The number of benzene rings is 4. The Morgan fingerprint density at radius 2 is 0.851 bits per heavy atom. The van der Waals surface area contributed by atoms with E-state index in [1.807, 2.05) is 0 Å². The minimum absolute atomic E-state index is 0.00301. The Kier molecular flexibility index (Phi) is 14.4. The Morgan fingerprint density at radius 1 is 0.489 bits per heavy atom. The third-order valence-electron chi connectivity index (χ3n) is 8.53. The zero-order valence-corrected chi connectivity index (χ0v) is 29.6. The molecule has 0 amide bonds. The van der Waals surface area contributed by atoms with Crippen LogP contribution in [-0.2, 0) is 30.4 Å². The molecule has 0 aliphatic carbocycles. The summed E-state index contributed by atoms with van der Waals surface area (Å²) >= 11 is 0. The lowest BCUT2D eigenvalue weighted by atomic mass is 9.94. The lowest BCUT2D eigenvalue weighted by Gasteiger charge is -2.16. The zero-order chi connectivity index (χ0) is 34.8. The van der Waals surface area contributed by atoms with Crippen LogP contribution in [0.1, 0.15) is 110 Å². The molecule has 4 aromatic rings. The normalized spacial score (nSPS) is 13.3. The molecule has 47 heavy (non-hydrogen) atoms. The van der Waals surface area contributed by atoms with Gasteiger partial charge >= 0.3 is 0 Å². The number of aliphatic hydroxyl groups is 1. The standard InChI is InChI=1S/C18H38O.C16H10O9S3/c1-3-5-7-9-10-11-13-15-17-18(19)16-14-12-8-6-4-2;17-26(18,19)12-6-2-8-1-3-10-13(27(20,21)22)7-14(28(23,24)25)11-5-4-9(12)15(8)16(10)11/h18-19H,3-17H2,1-2H3;1-7H,(H,17,18,19)(H,20,21,22)(H,23,24,25). The SMILES string of the molecule is CCCCCCCCCCC(O)CCCCCCC.O=S(=O)(O)c1ccc2ccc3c(S(=O)(=O)O)cc(S(=O)(=O)O)c4ccc1c2c34. The minimum atomic E-state index is -4.89. The van der Waals surface area contributed by atoms with Gasteiger partial charge in [-0.25, -0.2) is 0 Å². The first kappa shape index (κ1) is 39.1. The topological polar surface area (TPSA) is 183 Å². The summed E-state index contributed by atoms with van der Waals surface area (Å²) in [5, 5.41) is 10.3. The summed E-state index contributed by atoms with van der Waals surface area (Å²) in [7, 11) is -14.4. The highest BCUT2D eigenvalue weighted by Crippen LogP contribution is 2.42. The summed E-state index contributed by atoms with van der Waals surface area (Å²) in [6, 6.07) is 8.37. The van der Waals surface area contributed by atoms with Crippen molar-refractivity contribution in [3.05, 3.63) is 42.5 Å². The van der Waals surface area contributed by atoms with Crippen LogP contribution in [0.5, 0.6) is 0 Å². The van der Waals surface area contributed by atoms with Gasteiger partial charge in [-0.3, -0.25) is 13.7 Å². The monoisotopic (exact) mass is 712 g/mol. The highest BCUT2D eigenvalue weighted by molar-refractivity contribution is 7.87. The van der Waals surface area contributed by atoms with Crippen LogP contribution in [0.15, 0.2) is 57.2 Å². The molecule has 4 N–H and O–H groups in total. The van der Waals surface area contributed by atoms with E-state index in [2.05, 4.69) is 13.8 Å². The highest BCUT2D eigenvalue weighted by Gasteiger charge is 2.26. The van der Waals surface area contributed by atoms with Gasteiger partial charge in [0.05, 0.1) is 6.10 Å². The molecule has 262 valence electrons. The maximum absolute atomic E-state index is 11.8. The maximum atomic E-state index is 11.8. The summed E-state index contributed by atoms with van der Waals surface area (Å²) in [6.07, 6.45) is 19.4. The van der Waals surface area contributed by atoms with Crippen LogP contribution in [0, 0.1) is 0 Å². The second-order valence-corrected chi connectivity index (χ2v) is 16.4. The van der Waals surface area contributed by atoms with Gasteiger partial charge in [0.2, 0.25) is 0 Å². The van der Waals surface area contributed by atoms with Gasteiger partial charge in [-0.2, -0.15) is 25.3 Å². The third-order valence-corrected chi connectivity index (χ3v) is 11.2. The molecule has 0 heterocycles. The van der Waals surface area contributed by atoms with Crippen LogP contribution < -0.4 is 0 Å². The van der Waals surface area contributed by atoms with Gasteiger partial charge < -0.3 is 5.11 Å². The average Bonchev–Trinajstić information content (AvgIpc) is 2.99. The van der Waals surface area contributed by atoms with Gasteiger partial charge in [0, 0.05) is 21.5 Å². The van der Waals surface area contributed by atoms with Crippen molar-refractivity contribution in [3.63, 3.8) is 0 Å². The van der Waals surface area contributed by atoms with Crippen LogP contribution in [0.25, 0.3) is 32.3 Å². The van der Waals surface area contributed by atoms with E-state index < -0.39 is 45.0 Å². The van der Waals surface area contributed by atoms with Crippen LogP contribution in [0.3, 0.4) is 0 Å². The van der Waals surface area contributed by atoms with Crippen LogP contribution in [-0.4, -0.2) is 50.1 Å². The number of rotatable bonds is 18. The van der Waals surface area contributed by atoms with Crippen molar-refractivity contribution in [2.45, 2.75) is 131 Å². The summed E-state index contributed by atoms with van der Waals surface area (Å²) in [6.45, 7) is 4.51. The summed E-state index contributed by atoms with van der Waals surface area (Å²) < 4.78 is 99.3. The van der Waals surface area contributed by atoms with Crippen molar-refractivity contribution in [2.24, 2.45) is 0 Å². The van der Waals surface area contributed by atoms with Crippen molar-refractivity contribution in [1.82, 2.24) is 0 Å². The fraction of sp³-hybridized carbons (Fsp3) is 0.529. The Morgan fingerprint density at radius 3 is 1.28 bits per heavy atom. The minimum Gasteiger partial charge on any atom is -0.393 e. The molecule has 1 atom stereocenters. The largest absolute Gasteiger partial charge is 0.393 e. The van der Waals surface area contributed by atoms with Crippen LogP contribution >= 0.6 is 0 Å². The van der Waals surface area contributed by atoms with E-state index in [-0.39, 0.29) is 33.0 Å². The maximum Gasteiger partial charge on any atom is 0.295 e. The predicted octanol–water partition coefficient (Wildman–Crippen LogP) is 8.56. The second-order valence-electron chi connectivity index (χ2n) is 12.2. The molecule has 0 radical (unpaired) electrons. The molecule has 0 bridgehead atoms. The predicted molar refractivity (Wildman–Crippen MR) is 186 cm³/mol. The van der Waals surface area contributed by atoms with E-state index in [0.29, 0.717) is 11.5 Å². The van der Waals surface area contributed by atoms with Gasteiger partial charge in [-0.1, -0.05) is 128 Å². The van der Waals surface area contributed by atoms with Gasteiger partial charge in [0.15, 0.2) is 0 Å². The Hall–Kier alpha value is -2.39. The number of hydrogen-bond donors (Lipinski definition) is 4. The van der Waals surface area contributed by atoms with Crippen LogP contribution in [0.4, 0.5) is 0 Å². The first-order valence-corrected chi connectivity index (χ1v) is 20.8. The fourth-order valence-electron chi connectivity index (χ4n) is 6.10. The molecule has 0 saturated heterocycles. The van der Waals surface area contributed by atoms with Crippen molar-refractivity contribution in [1.29, 1.82) is 0 Å². The molecule has 1 unspecified atom stereocenters. The lowest BCUT2D eigenvalue weighted by molar-refractivity contribution is 0.147. The number of unbranched alkanes of at least 4 members (excludes halogenated alkanes) is 11. The zero-order valence-electron chi connectivity index (χ0n) is 27.2. The molecular weight excluding hydrogens is 665 g/mol. The molecule has 0 saturated carbocycles. The number of hydrogen-bond acceptors (Lipinski definition) is 7. The third kappa shape index (κ3) is 10.8. The van der Waals surface area contributed by atoms with Crippen molar-refractivity contribution < 1.29 is 44.0 Å². The Labute approximate surface area is 279 Å². The quantitative estimate of drug-likeness (QED) is 0.0443. The van der Waals surface area contributed by atoms with E-state index in [0.717, 1.165) is 18.9 Å². The first-order chi connectivity index (χ1) is 22.1. The molecule has 4 rings (SSSR count). The van der Waals surface area contributed by atoms with E-state index >= 15 is 0 Å². The molecule has 0 spiro atoms. The second kappa shape index (κ2) is 17.3. The molecule has 0 aliphatic heterocycles. The van der Waals surface area contributed by atoms with Gasteiger partial charge in [-0.15, -0.1) is 0 Å². The summed E-state index contributed by atoms with van der Waals surface area (Å²) in [4.78, 5) is -1.99. The lowest BCUT2D eigenvalue weighted by Crippen LogP contribution is -2.06. The Bertz CT molecular complexity index is 1880. The molecular formula is C34H48O10S3. The smallest absolute Gasteiger partial charge is 0.295 e. The van der Waals surface area contributed by atoms with Crippen molar-refractivity contribution in [3.8, 4) is 0 Å². The average molecular weight is 713 g/mol. The fourth-order valence-corrected chi connectivity index (χ4v) is 8.29. The van der Waals surface area contributed by atoms with E-state index in [1.54, 1.807) is 0 Å². The van der Waals surface area contributed by atoms with Crippen LogP contribution in [0.2, 0.25) is 0 Å². The highest BCUT2D eigenvalue weighted by atomic mass is 32.2. The van der Waals surface area contributed by atoms with E-state index in [9.17, 15) is 44.0 Å². The van der Waals surface area contributed by atoms with E-state index in [1.165, 1.54) is 114 Å². The molecule has 10 nitrogen and oxygen atoms in total. The molecule has 4 aromatic carbocycles. The van der Waals surface area contributed by atoms with Gasteiger partial charge in [0.25, 0.3) is 30.4 Å². The van der Waals surface area contributed by atoms with Gasteiger partial charge in [-0.05, 0) is 35.7 Å². The van der Waals surface area contributed by atoms with E-state index in [4.69, 9.17) is 0 Å². The van der Waals surface area contributed by atoms with Gasteiger partial charge in [0.1, 0.15) is 14.7 Å². The summed E-state index contributed by atoms with van der Waals surface area (Å²) in [5.41, 5.74) is 0. The first-order valence-electron chi connectivity index (χ1n) is 16.5. The summed E-state index contributed by atoms with van der Waals surface area (Å²) in [5.74, 6) is 0. The molecule has 0 fully saturated rings. The molecule has 0 aliphatic rings. The Balaban J connectivity index is 0.000000279. The number of aliphatic hydroxyl groups excluding tert-OH is 1. The molecule has 13 heteroatoms.